The number of nitrogen functional groups attached to an aromatic ring is 1. The number of ether oxygens (including phenoxy) is 1. The van der Waals surface area contributed by atoms with Crippen LogP contribution in [0, 0.1) is 6.92 Å². The summed E-state index contributed by atoms with van der Waals surface area (Å²) >= 11 is 0. The molecule has 20 heavy (non-hydrogen) atoms. The second kappa shape index (κ2) is 4.77. The highest BCUT2D eigenvalue weighted by molar-refractivity contribution is 5.88. The lowest BCUT2D eigenvalue weighted by molar-refractivity contribution is 0.415. The zero-order valence-corrected chi connectivity index (χ0v) is 11.2. The van der Waals surface area contributed by atoms with E-state index in [-0.39, 0.29) is 0 Å². The first kappa shape index (κ1) is 12.3. The zero-order valence-electron chi connectivity index (χ0n) is 11.2. The lowest BCUT2D eigenvalue weighted by Crippen LogP contribution is -1.92. The molecule has 0 aliphatic rings. The average molecular weight is 270 g/mol. The molecule has 0 atom stereocenters. The van der Waals surface area contributed by atoms with Gasteiger partial charge in [0.15, 0.2) is 11.6 Å². The predicted octanol–water partition coefficient (Wildman–Crippen LogP) is 3.50. The Morgan fingerprint density at radius 2 is 1.95 bits per heavy atom. The van der Waals surface area contributed by atoms with E-state index in [4.69, 9.17) is 19.4 Å². The number of nitrogens with zero attached hydrogens (tertiary/aromatic N) is 1. The summed E-state index contributed by atoms with van der Waals surface area (Å²) in [6, 6.07) is 9.43. The normalized spacial score (nSPS) is 10.7. The largest absolute Gasteiger partial charge is 0.496 e. The first-order valence-electron chi connectivity index (χ1n) is 6.15. The minimum atomic E-state index is 0.306. The van der Waals surface area contributed by atoms with Gasteiger partial charge in [-0.3, -0.25) is 0 Å². The van der Waals surface area contributed by atoms with Gasteiger partial charge < -0.3 is 19.4 Å². The minimum Gasteiger partial charge on any atom is -0.496 e. The summed E-state index contributed by atoms with van der Waals surface area (Å²) < 4.78 is 16.2. The van der Waals surface area contributed by atoms with Crippen molar-refractivity contribution in [2.24, 2.45) is 0 Å². The molecule has 0 bridgehead atoms. The van der Waals surface area contributed by atoms with Crippen LogP contribution in [-0.2, 0) is 0 Å². The average Bonchev–Trinajstić information content (AvgIpc) is 3.04. The molecule has 0 radical (unpaired) electrons. The molecule has 2 aromatic heterocycles. The topological polar surface area (TPSA) is 74.4 Å². The molecule has 2 N–H and O–H groups in total. The van der Waals surface area contributed by atoms with Crippen molar-refractivity contribution in [1.29, 1.82) is 0 Å². The molecule has 0 unspecified atom stereocenters. The van der Waals surface area contributed by atoms with E-state index >= 15 is 0 Å². The third kappa shape index (κ3) is 1.84. The molecule has 3 rings (SSSR count). The number of benzene rings is 1. The molecule has 0 amide bonds. The molecule has 0 saturated carbocycles. The Bertz CT molecular complexity index is 743. The summed E-state index contributed by atoms with van der Waals surface area (Å²) in [7, 11) is 1.61. The minimum absolute atomic E-state index is 0.306. The second-order valence-corrected chi connectivity index (χ2v) is 4.40. The van der Waals surface area contributed by atoms with Crippen molar-refractivity contribution >= 4 is 5.82 Å². The quantitative estimate of drug-likeness (QED) is 0.788. The van der Waals surface area contributed by atoms with Crippen LogP contribution in [0.5, 0.6) is 5.75 Å². The van der Waals surface area contributed by atoms with E-state index in [0.29, 0.717) is 28.7 Å². The number of methoxy groups -OCH3 is 1. The molecule has 5 heteroatoms. The first-order valence-corrected chi connectivity index (χ1v) is 6.15. The third-order valence-corrected chi connectivity index (χ3v) is 3.16. The number of nitrogens with two attached hydrogens (primary N) is 1. The van der Waals surface area contributed by atoms with Gasteiger partial charge in [0.25, 0.3) is 0 Å². The van der Waals surface area contributed by atoms with E-state index in [0.717, 1.165) is 11.1 Å². The molecular formula is C15H14N2O3. The first-order chi connectivity index (χ1) is 9.72. The van der Waals surface area contributed by atoms with Gasteiger partial charge in [0.1, 0.15) is 5.75 Å². The molecule has 102 valence electrons. The Kier molecular flexibility index (Phi) is 2.95. The Labute approximate surface area is 115 Å². The van der Waals surface area contributed by atoms with Crippen LogP contribution in [0.25, 0.3) is 22.6 Å². The second-order valence-electron chi connectivity index (χ2n) is 4.40. The lowest BCUT2D eigenvalue weighted by atomic mass is 10.0. The fourth-order valence-corrected chi connectivity index (χ4v) is 2.17. The van der Waals surface area contributed by atoms with Crippen molar-refractivity contribution in [2.75, 3.05) is 12.8 Å². The van der Waals surface area contributed by atoms with Crippen molar-refractivity contribution in [3.8, 4) is 28.4 Å². The number of furan rings is 1. The van der Waals surface area contributed by atoms with Crippen LogP contribution in [0.4, 0.5) is 5.82 Å². The summed E-state index contributed by atoms with van der Waals surface area (Å²) in [5, 5.41) is 3.85. The number of rotatable bonds is 3. The number of aryl methyl sites for hydroxylation is 1. The molecule has 5 nitrogen and oxygen atoms in total. The summed E-state index contributed by atoms with van der Waals surface area (Å²) in [5.41, 5.74) is 8.41. The highest BCUT2D eigenvalue weighted by Crippen LogP contribution is 2.41. The fraction of sp³-hybridized carbons (Fsp3) is 0.133. The number of anilines is 1. The number of hydrogen-bond acceptors (Lipinski definition) is 5. The van der Waals surface area contributed by atoms with Crippen molar-refractivity contribution in [3.05, 3.63) is 42.2 Å². The molecule has 0 aliphatic carbocycles. The SMILES string of the molecule is COc1ccccc1-c1c(N)noc1-c1occc1C. The maximum absolute atomic E-state index is 5.95. The smallest absolute Gasteiger partial charge is 0.212 e. The van der Waals surface area contributed by atoms with Crippen molar-refractivity contribution in [3.63, 3.8) is 0 Å². The van der Waals surface area contributed by atoms with Crippen molar-refractivity contribution < 1.29 is 13.7 Å². The van der Waals surface area contributed by atoms with E-state index in [9.17, 15) is 0 Å². The Morgan fingerprint density at radius 3 is 2.65 bits per heavy atom. The Hall–Kier alpha value is -2.69. The van der Waals surface area contributed by atoms with Gasteiger partial charge in [0.05, 0.1) is 18.9 Å². The molecule has 0 aliphatic heterocycles. The van der Waals surface area contributed by atoms with Crippen LogP contribution in [0.15, 0.2) is 45.5 Å². The highest BCUT2D eigenvalue weighted by atomic mass is 16.5. The fourth-order valence-electron chi connectivity index (χ4n) is 2.17. The van der Waals surface area contributed by atoms with E-state index in [1.54, 1.807) is 13.4 Å². The predicted molar refractivity (Wildman–Crippen MR) is 75.3 cm³/mol. The summed E-state index contributed by atoms with van der Waals surface area (Å²) in [6.45, 7) is 1.93. The monoisotopic (exact) mass is 270 g/mol. The van der Waals surface area contributed by atoms with Crippen LogP contribution < -0.4 is 10.5 Å². The molecule has 1 aromatic carbocycles. The van der Waals surface area contributed by atoms with E-state index in [2.05, 4.69) is 5.16 Å². The number of hydrogen-bond donors (Lipinski definition) is 1. The van der Waals surface area contributed by atoms with Gasteiger partial charge in [-0.1, -0.05) is 23.4 Å². The van der Waals surface area contributed by atoms with Crippen LogP contribution >= 0.6 is 0 Å². The van der Waals surface area contributed by atoms with E-state index in [1.807, 2.05) is 37.3 Å². The van der Waals surface area contributed by atoms with Gasteiger partial charge in [-0.15, -0.1) is 0 Å². The van der Waals surface area contributed by atoms with Gasteiger partial charge in [-0.2, -0.15) is 0 Å². The van der Waals surface area contributed by atoms with Crippen LogP contribution in [0.2, 0.25) is 0 Å². The van der Waals surface area contributed by atoms with Gasteiger partial charge >= 0.3 is 0 Å². The summed E-state index contributed by atoms with van der Waals surface area (Å²) in [5.74, 6) is 2.14. The number of aromatic nitrogens is 1. The number of para-hydroxylation sites is 1. The molecule has 0 spiro atoms. The molecule has 0 fully saturated rings. The Morgan fingerprint density at radius 1 is 1.15 bits per heavy atom. The zero-order chi connectivity index (χ0) is 14.1. The third-order valence-electron chi connectivity index (χ3n) is 3.16. The Balaban J connectivity index is 2.25. The van der Waals surface area contributed by atoms with E-state index < -0.39 is 0 Å². The van der Waals surface area contributed by atoms with Crippen LogP contribution in [0.1, 0.15) is 5.56 Å². The summed E-state index contributed by atoms with van der Waals surface area (Å²) in [4.78, 5) is 0. The molecular weight excluding hydrogens is 256 g/mol. The van der Waals surface area contributed by atoms with Gasteiger partial charge in [0, 0.05) is 5.56 Å². The highest BCUT2D eigenvalue weighted by Gasteiger charge is 2.23. The molecule has 3 aromatic rings. The van der Waals surface area contributed by atoms with Gasteiger partial charge in [0.2, 0.25) is 5.76 Å². The van der Waals surface area contributed by atoms with Crippen LogP contribution in [0.3, 0.4) is 0 Å². The van der Waals surface area contributed by atoms with E-state index in [1.165, 1.54) is 0 Å². The maximum atomic E-state index is 5.95. The van der Waals surface area contributed by atoms with Crippen molar-refractivity contribution in [2.45, 2.75) is 6.92 Å². The van der Waals surface area contributed by atoms with Gasteiger partial charge in [-0.25, -0.2) is 0 Å². The summed E-state index contributed by atoms with van der Waals surface area (Å²) in [6.07, 6.45) is 1.61. The standard InChI is InChI=1S/C15H14N2O3/c1-9-7-8-19-13(9)14-12(15(16)17-20-14)10-5-3-4-6-11(10)18-2/h3-8H,1-2H3,(H2,16,17). The molecule has 2 heterocycles. The van der Waals surface area contributed by atoms with Gasteiger partial charge in [-0.05, 0) is 24.6 Å². The lowest BCUT2D eigenvalue weighted by Gasteiger charge is -2.07. The maximum Gasteiger partial charge on any atom is 0.212 e. The van der Waals surface area contributed by atoms with Crippen LogP contribution in [-0.4, -0.2) is 12.3 Å². The molecule has 0 saturated heterocycles. The van der Waals surface area contributed by atoms with Crippen molar-refractivity contribution in [1.82, 2.24) is 5.16 Å².